The number of nitrogens with one attached hydrogen (secondary N) is 1. The molecule has 1 aliphatic heterocycles. The van der Waals surface area contributed by atoms with E-state index >= 15 is 0 Å². The fourth-order valence-electron chi connectivity index (χ4n) is 3.01. The van der Waals surface area contributed by atoms with Gasteiger partial charge >= 0.3 is 0 Å². The summed E-state index contributed by atoms with van der Waals surface area (Å²) in [5.74, 6) is 0.696. The fourth-order valence-corrected chi connectivity index (χ4v) is 3.78. The fraction of sp³-hybridized carbons (Fsp3) is 0.917. The van der Waals surface area contributed by atoms with Crippen molar-refractivity contribution in [3.63, 3.8) is 0 Å². The molecular formula is C12H22N2O3S. The molecule has 0 spiro atoms. The Bertz CT molecular complexity index is 402. The van der Waals surface area contributed by atoms with Crippen LogP contribution in [-0.2, 0) is 14.8 Å². The van der Waals surface area contributed by atoms with Gasteiger partial charge in [-0.15, -0.1) is 0 Å². The Morgan fingerprint density at radius 1 is 1.28 bits per heavy atom. The van der Waals surface area contributed by atoms with E-state index in [1.54, 1.807) is 0 Å². The summed E-state index contributed by atoms with van der Waals surface area (Å²) in [6.07, 6.45) is 7.68. The number of amides is 1. The van der Waals surface area contributed by atoms with Crippen molar-refractivity contribution in [3.8, 4) is 0 Å². The van der Waals surface area contributed by atoms with Crippen LogP contribution >= 0.6 is 0 Å². The van der Waals surface area contributed by atoms with Gasteiger partial charge in [0.1, 0.15) is 0 Å². The van der Waals surface area contributed by atoms with Gasteiger partial charge in [-0.3, -0.25) is 4.79 Å². The van der Waals surface area contributed by atoms with E-state index in [0.717, 1.165) is 12.8 Å². The van der Waals surface area contributed by atoms with Crippen LogP contribution in [0.4, 0.5) is 0 Å². The van der Waals surface area contributed by atoms with Gasteiger partial charge in [-0.05, 0) is 18.8 Å². The minimum atomic E-state index is -3.22. The summed E-state index contributed by atoms with van der Waals surface area (Å²) < 4.78 is 24.8. The summed E-state index contributed by atoms with van der Waals surface area (Å²) >= 11 is 0. The van der Waals surface area contributed by atoms with Crippen LogP contribution in [0.3, 0.4) is 0 Å². The molecule has 1 atom stereocenters. The third-order valence-corrected chi connectivity index (χ3v) is 4.56. The monoisotopic (exact) mass is 274 g/mol. The van der Waals surface area contributed by atoms with Crippen LogP contribution < -0.4 is 4.72 Å². The molecule has 1 aliphatic carbocycles. The van der Waals surface area contributed by atoms with Gasteiger partial charge in [-0.1, -0.05) is 19.3 Å². The second kappa shape index (κ2) is 5.57. The third-order valence-electron chi connectivity index (χ3n) is 3.80. The van der Waals surface area contributed by atoms with Crippen molar-refractivity contribution in [2.24, 2.45) is 5.92 Å². The van der Waals surface area contributed by atoms with E-state index in [4.69, 9.17) is 0 Å². The van der Waals surface area contributed by atoms with Crippen LogP contribution in [0, 0.1) is 5.92 Å². The van der Waals surface area contributed by atoms with Crippen molar-refractivity contribution in [2.75, 3.05) is 19.3 Å². The highest BCUT2D eigenvalue weighted by Crippen LogP contribution is 2.26. The van der Waals surface area contributed by atoms with Crippen molar-refractivity contribution >= 4 is 15.9 Å². The minimum absolute atomic E-state index is 0.0849. The SMILES string of the molecule is CS(=O)(=O)N[C@@H]1CC(=O)N(CC2CCCCC2)C1. The number of nitrogens with zero attached hydrogens (tertiary/aromatic N) is 1. The zero-order valence-electron chi connectivity index (χ0n) is 10.9. The lowest BCUT2D eigenvalue weighted by atomic mass is 9.89. The molecule has 2 aliphatic rings. The van der Waals surface area contributed by atoms with Gasteiger partial charge < -0.3 is 4.90 Å². The van der Waals surface area contributed by atoms with E-state index in [0.29, 0.717) is 18.9 Å². The standard InChI is InChI=1S/C12H22N2O3S/c1-18(16,17)13-11-7-12(15)14(9-11)8-10-5-3-2-4-6-10/h10-11,13H,2-9H2,1H3/t11-/m1/s1. The number of hydrogen-bond donors (Lipinski definition) is 1. The topological polar surface area (TPSA) is 66.5 Å². The highest BCUT2D eigenvalue weighted by Gasteiger charge is 2.32. The Morgan fingerprint density at radius 2 is 1.94 bits per heavy atom. The van der Waals surface area contributed by atoms with Crippen molar-refractivity contribution in [1.29, 1.82) is 0 Å². The summed E-state index contributed by atoms with van der Waals surface area (Å²) in [6.45, 7) is 1.34. The molecule has 18 heavy (non-hydrogen) atoms. The van der Waals surface area contributed by atoms with Crippen LogP contribution in [0.1, 0.15) is 38.5 Å². The molecule has 0 bridgehead atoms. The molecule has 0 aromatic heterocycles. The molecule has 5 nitrogen and oxygen atoms in total. The van der Waals surface area contributed by atoms with E-state index in [9.17, 15) is 13.2 Å². The number of carbonyl (C=O) groups is 1. The lowest BCUT2D eigenvalue weighted by molar-refractivity contribution is -0.128. The van der Waals surface area contributed by atoms with Gasteiger partial charge in [0.05, 0.1) is 6.26 Å². The van der Waals surface area contributed by atoms with Gasteiger partial charge in [0.25, 0.3) is 0 Å². The molecule has 1 amide bonds. The molecule has 2 rings (SSSR count). The lowest BCUT2D eigenvalue weighted by Gasteiger charge is -2.27. The van der Waals surface area contributed by atoms with E-state index in [1.807, 2.05) is 4.90 Å². The molecule has 1 saturated carbocycles. The molecule has 1 saturated heterocycles. The van der Waals surface area contributed by atoms with Crippen LogP contribution in [0.2, 0.25) is 0 Å². The van der Waals surface area contributed by atoms with E-state index < -0.39 is 10.0 Å². The molecule has 2 fully saturated rings. The number of sulfonamides is 1. The van der Waals surface area contributed by atoms with Crippen LogP contribution in [0.25, 0.3) is 0 Å². The Kier molecular flexibility index (Phi) is 4.27. The van der Waals surface area contributed by atoms with E-state index in [2.05, 4.69) is 4.72 Å². The second-order valence-electron chi connectivity index (χ2n) is 5.59. The number of likely N-dealkylation sites (tertiary alicyclic amines) is 1. The molecule has 1 heterocycles. The average Bonchev–Trinajstić information content (AvgIpc) is 2.58. The van der Waals surface area contributed by atoms with E-state index in [-0.39, 0.29) is 11.9 Å². The number of rotatable bonds is 4. The van der Waals surface area contributed by atoms with Crippen molar-refractivity contribution in [2.45, 2.75) is 44.6 Å². The van der Waals surface area contributed by atoms with Gasteiger partial charge in [0.2, 0.25) is 15.9 Å². The van der Waals surface area contributed by atoms with Gasteiger partial charge in [0.15, 0.2) is 0 Å². The molecule has 0 radical (unpaired) electrons. The quantitative estimate of drug-likeness (QED) is 0.821. The predicted octanol–water partition coefficient (Wildman–Crippen LogP) is 0.717. The highest BCUT2D eigenvalue weighted by atomic mass is 32.2. The second-order valence-corrected chi connectivity index (χ2v) is 7.37. The van der Waals surface area contributed by atoms with Crippen molar-refractivity contribution in [3.05, 3.63) is 0 Å². The Labute approximate surface area is 109 Å². The van der Waals surface area contributed by atoms with E-state index in [1.165, 1.54) is 32.1 Å². The Balaban J connectivity index is 1.85. The summed E-state index contributed by atoms with van der Waals surface area (Å²) in [5, 5.41) is 0. The van der Waals surface area contributed by atoms with Crippen LogP contribution in [0.15, 0.2) is 0 Å². The molecule has 1 N–H and O–H groups in total. The lowest BCUT2D eigenvalue weighted by Crippen LogP contribution is -2.37. The van der Waals surface area contributed by atoms with Crippen LogP contribution in [-0.4, -0.2) is 44.6 Å². The summed E-state index contributed by atoms with van der Waals surface area (Å²) in [6, 6.07) is -0.240. The maximum Gasteiger partial charge on any atom is 0.224 e. The third kappa shape index (κ3) is 3.95. The zero-order chi connectivity index (χ0) is 13.2. The molecule has 0 aromatic rings. The van der Waals surface area contributed by atoms with Gasteiger partial charge in [-0.25, -0.2) is 13.1 Å². The van der Waals surface area contributed by atoms with Crippen molar-refractivity contribution < 1.29 is 13.2 Å². The molecule has 104 valence electrons. The molecule has 0 aromatic carbocycles. The van der Waals surface area contributed by atoms with Gasteiger partial charge in [-0.2, -0.15) is 0 Å². The predicted molar refractivity (Wildman–Crippen MR) is 69.5 cm³/mol. The van der Waals surface area contributed by atoms with Gasteiger partial charge in [0, 0.05) is 25.6 Å². The molecule has 6 heteroatoms. The van der Waals surface area contributed by atoms with Crippen molar-refractivity contribution in [1.82, 2.24) is 9.62 Å². The largest absolute Gasteiger partial charge is 0.341 e. The first-order valence-electron chi connectivity index (χ1n) is 6.69. The summed E-state index contributed by atoms with van der Waals surface area (Å²) in [4.78, 5) is 13.7. The number of carbonyl (C=O) groups excluding carboxylic acids is 1. The maximum absolute atomic E-state index is 11.8. The normalized spacial score (nSPS) is 26.8. The average molecular weight is 274 g/mol. The number of hydrogen-bond acceptors (Lipinski definition) is 3. The first kappa shape index (κ1) is 13.8. The Morgan fingerprint density at radius 3 is 2.56 bits per heavy atom. The Hall–Kier alpha value is -0.620. The highest BCUT2D eigenvalue weighted by molar-refractivity contribution is 7.88. The summed E-state index contributed by atoms with van der Waals surface area (Å²) in [5.41, 5.74) is 0. The maximum atomic E-state index is 11.8. The first-order chi connectivity index (χ1) is 8.44. The smallest absolute Gasteiger partial charge is 0.224 e. The molecular weight excluding hydrogens is 252 g/mol. The first-order valence-corrected chi connectivity index (χ1v) is 8.58. The zero-order valence-corrected chi connectivity index (χ0v) is 11.7. The molecule has 0 unspecified atom stereocenters. The van der Waals surface area contributed by atoms with Crippen LogP contribution in [0.5, 0.6) is 0 Å². The minimum Gasteiger partial charge on any atom is -0.341 e. The summed E-state index contributed by atoms with van der Waals surface area (Å²) in [7, 11) is -3.22.